The number of pyridine rings is 1. The second-order valence-corrected chi connectivity index (χ2v) is 6.83. The van der Waals surface area contributed by atoms with Gasteiger partial charge in [0.1, 0.15) is 23.7 Å². The van der Waals surface area contributed by atoms with Gasteiger partial charge in [0.2, 0.25) is 0 Å². The van der Waals surface area contributed by atoms with Crippen molar-refractivity contribution in [2.75, 3.05) is 25.6 Å². The van der Waals surface area contributed by atoms with E-state index < -0.39 is 5.54 Å². The van der Waals surface area contributed by atoms with E-state index in [0.29, 0.717) is 19.0 Å². The van der Waals surface area contributed by atoms with Crippen LogP contribution in [0.2, 0.25) is 0 Å². The van der Waals surface area contributed by atoms with Gasteiger partial charge < -0.3 is 20.5 Å². The molecule has 28 heavy (non-hydrogen) atoms. The maximum absolute atomic E-state index is 5.89. The molecule has 0 amide bonds. The van der Waals surface area contributed by atoms with E-state index >= 15 is 0 Å². The molecule has 0 fully saturated rings. The van der Waals surface area contributed by atoms with E-state index in [0.717, 1.165) is 33.6 Å². The Morgan fingerprint density at radius 3 is 2.79 bits per heavy atom. The molecule has 0 saturated heterocycles. The molecule has 1 aliphatic rings. The highest BCUT2D eigenvalue weighted by Gasteiger charge is 2.30. The van der Waals surface area contributed by atoms with Gasteiger partial charge in [-0.2, -0.15) is 0 Å². The van der Waals surface area contributed by atoms with Crippen LogP contribution in [0.25, 0.3) is 10.9 Å². The molecule has 146 valence electrons. The van der Waals surface area contributed by atoms with Crippen LogP contribution < -0.4 is 15.8 Å². The Balaban J connectivity index is 0.00000225. The minimum Gasteiger partial charge on any atom is -0.495 e. The number of hydrogen-bond donors (Lipinski definition) is 2. The van der Waals surface area contributed by atoms with E-state index in [4.69, 9.17) is 15.2 Å². The van der Waals surface area contributed by atoms with E-state index in [9.17, 15) is 0 Å². The molecule has 0 saturated carbocycles. The number of nitrogens with zero attached hydrogens (tertiary/aromatic N) is 2. The molecule has 1 unspecified atom stereocenters. The first kappa shape index (κ1) is 19.9. The Labute approximate surface area is 170 Å². The van der Waals surface area contributed by atoms with Gasteiger partial charge in [0.15, 0.2) is 0 Å². The number of anilines is 2. The first-order valence-corrected chi connectivity index (χ1v) is 8.80. The molecule has 0 radical (unpaired) electrons. The quantitative estimate of drug-likeness (QED) is 0.693. The Bertz CT molecular complexity index is 1020. The van der Waals surface area contributed by atoms with Gasteiger partial charge in [0.05, 0.1) is 31.1 Å². The summed E-state index contributed by atoms with van der Waals surface area (Å²) in [5, 5.41) is 4.48. The van der Waals surface area contributed by atoms with Gasteiger partial charge in [-0.05, 0) is 36.8 Å². The van der Waals surface area contributed by atoms with Crippen LogP contribution in [0.4, 0.5) is 11.4 Å². The van der Waals surface area contributed by atoms with Crippen molar-refractivity contribution in [1.82, 2.24) is 4.98 Å². The van der Waals surface area contributed by atoms with Crippen LogP contribution in [-0.2, 0) is 10.3 Å². The minimum absolute atomic E-state index is 0. The number of para-hydroxylation sites is 1. The molecular weight excluding hydrogens is 376 g/mol. The third-order valence-corrected chi connectivity index (χ3v) is 4.71. The normalized spacial score (nSPS) is 18.9. The second-order valence-electron chi connectivity index (χ2n) is 6.83. The zero-order chi connectivity index (χ0) is 18.9. The van der Waals surface area contributed by atoms with E-state index in [1.165, 1.54) is 0 Å². The summed E-state index contributed by atoms with van der Waals surface area (Å²) in [4.78, 5) is 9.16. The van der Waals surface area contributed by atoms with Crippen LogP contribution in [0.3, 0.4) is 0 Å². The number of aliphatic imine (C=N–C) groups is 1. The molecule has 1 atom stereocenters. The van der Waals surface area contributed by atoms with Crippen LogP contribution >= 0.6 is 12.4 Å². The van der Waals surface area contributed by atoms with Crippen molar-refractivity contribution in [1.29, 1.82) is 0 Å². The van der Waals surface area contributed by atoms with Gasteiger partial charge in [0, 0.05) is 11.1 Å². The SMILES string of the molecule is COc1cnc2c(Nc3cccc(C4(C)COCC(N)=N4)c3)cccc2c1.Cl. The summed E-state index contributed by atoms with van der Waals surface area (Å²) >= 11 is 0. The Morgan fingerprint density at radius 2 is 2.00 bits per heavy atom. The fraction of sp³-hybridized carbons (Fsp3) is 0.238. The zero-order valence-electron chi connectivity index (χ0n) is 15.8. The number of fused-ring (bicyclic) bond motifs is 1. The number of halogens is 1. The van der Waals surface area contributed by atoms with Crippen LogP contribution in [0.1, 0.15) is 12.5 Å². The van der Waals surface area contributed by atoms with Crippen molar-refractivity contribution in [3.8, 4) is 5.75 Å². The van der Waals surface area contributed by atoms with Crippen LogP contribution in [0.5, 0.6) is 5.75 Å². The lowest BCUT2D eigenvalue weighted by Crippen LogP contribution is -2.37. The van der Waals surface area contributed by atoms with Crippen molar-refractivity contribution < 1.29 is 9.47 Å². The number of benzene rings is 2. The summed E-state index contributed by atoms with van der Waals surface area (Å²) < 4.78 is 10.9. The van der Waals surface area contributed by atoms with E-state index in [1.54, 1.807) is 13.3 Å². The summed E-state index contributed by atoms with van der Waals surface area (Å²) in [6, 6.07) is 16.1. The predicted molar refractivity (Wildman–Crippen MR) is 115 cm³/mol. The molecule has 6 nitrogen and oxygen atoms in total. The number of nitrogens with two attached hydrogens (primary N) is 1. The molecule has 4 rings (SSSR count). The lowest BCUT2D eigenvalue weighted by Gasteiger charge is -2.30. The maximum Gasteiger partial charge on any atom is 0.137 e. The molecule has 2 heterocycles. The molecule has 1 aliphatic heterocycles. The molecule has 2 aromatic carbocycles. The molecule has 3 N–H and O–H groups in total. The van der Waals surface area contributed by atoms with Crippen LogP contribution in [0, 0.1) is 0 Å². The first-order chi connectivity index (χ1) is 13.1. The summed E-state index contributed by atoms with van der Waals surface area (Å²) in [5.74, 6) is 1.26. The molecule has 3 aromatic rings. The predicted octanol–water partition coefficient (Wildman–Crippen LogP) is 4.01. The lowest BCUT2D eigenvalue weighted by atomic mass is 9.92. The molecule has 1 aromatic heterocycles. The number of ether oxygens (including phenoxy) is 2. The second kappa shape index (κ2) is 8.04. The van der Waals surface area contributed by atoms with Gasteiger partial charge in [0.25, 0.3) is 0 Å². The van der Waals surface area contributed by atoms with E-state index in [1.807, 2.05) is 49.4 Å². The van der Waals surface area contributed by atoms with Crippen molar-refractivity contribution in [2.24, 2.45) is 10.7 Å². The molecular formula is C21H23ClN4O2. The number of hydrogen-bond acceptors (Lipinski definition) is 6. The number of methoxy groups -OCH3 is 1. The molecule has 0 bridgehead atoms. The van der Waals surface area contributed by atoms with Gasteiger partial charge in [-0.3, -0.25) is 9.98 Å². The first-order valence-electron chi connectivity index (χ1n) is 8.80. The van der Waals surface area contributed by atoms with Crippen molar-refractivity contribution in [3.63, 3.8) is 0 Å². The number of aromatic nitrogens is 1. The monoisotopic (exact) mass is 398 g/mol. The van der Waals surface area contributed by atoms with Crippen LogP contribution in [-0.4, -0.2) is 31.1 Å². The van der Waals surface area contributed by atoms with Gasteiger partial charge >= 0.3 is 0 Å². The molecule has 0 spiro atoms. The average Bonchev–Trinajstić information content (AvgIpc) is 2.68. The third-order valence-electron chi connectivity index (χ3n) is 4.71. The highest BCUT2D eigenvalue weighted by Crippen LogP contribution is 2.32. The fourth-order valence-electron chi connectivity index (χ4n) is 3.32. The molecule has 7 heteroatoms. The Morgan fingerprint density at radius 1 is 1.18 bits per heavy atom. The summed E-state index contributed by atoms with van der Waals surface area (Å²) in [6.07, 6.45) is 1.72. The lowest BCUT2D eigenvalue weighted by molar-refractivity contribution is 0.106. The molecule has 0 aliphatic carbocycles. The minimum atomic E-state index is -0.482. The summed E-state index contributed by atoms with van der Waals surface area (Å²) in [5.41, 5.74) is 9.23. The third kappa shape index (κ3) is 3.88. The number of nitrogens with one attached hydrogen (secondary N) is 1. The van der Waals surface area contributed by atoms with E-state index in [2.05, 4.69) is 21.4 Å². The highest BCUT2D eigenvalue weighted by molar-refractivity contribution is 5.92. The summed E-state index contributed by atoms with van der Waals surface area (Å²) in [7, 11) is 1.64. The fourth-order valence-corrected chi connectivity index (χ4v) is 3.32. The Hall–Kier alpha value is -2.83. The van der Waals surface area contributed by atoms with E-state index in [-0.39, 0.29) is 12.4 Å². The summed E-state index contributed by atoms with van der Waals surface area (Å²) in [6.45, 7) is 2.93. The largest absolute Gasteiger partial charge is 0.495 e. The number of amidine groups is 1. The standard InChI is InChI=1S/C21H22N4O2.ClH/c1-21(13-27-12-19(22)25-21)15-6-4-7-16(10-15)24-18-8-3-5-14-9-17(26-2)11-23-20(14)18;/h3-11,24H,12-13H2,1-2H3,(H2,22,25);1H. The van der Waals surface area contributed by atoms with Crippen LogP contribution in [0.15, 0.2) is 59.7 Å². The van der Waals surface area contributed by atoms with Gasteiger partial charge in [-0.25, -0.2) is 0 Å². The number of rotatable bonds is 4. The van der Waals surface area contributed by atoms with Gasteiger partial charge in [-0.1, -0.05) is 24.3 Å². The highest BCUT2D eigenvalue weighted by atomic mass is 35.5. The Kier molecular flexibility index (Phi) is 5.72. The van der Waals surface area contributed by atoms with Crippen molar-refractivity contribution in [2.45, 2.75) is 12.5 Å². The topological polar surface area (TPSA) is 81.8 Å². The van der Waals surface area contributed by atoms with Gasteiger partial charge in [-0.15, -0.1) is 12.4 Å². The smallest absolute Gasteiger partial charge is 0.137 e. The zero-order valence-corrected chi connectivity index (χ0v) is 16.6. The van der Waals surface area contributed by atoms with Crippen molar-refractivity contribution in [3.05, 3.63) is 60.3 Å². The van der Waals surface area contributed by atoms with Crippen molar-refractivity contribution >= 4 is 40.5 Å². The maximum atomic E-state index is 5.89. The average molecular weight is 399 g/mol.